The molecule has 2 rings (SSSR count). The van der Waals surface area contributed by atoms with Crippen LogP contribution in [0.1, 0.15) is 19.8 Å². The second-order valence-electron chi connectivity index (χ2n) is 4.54. The van der Waals surface area contributed by atoms with Crippen LogP contribution < -0.4 is 5.32 Å². The summed E-state index contributed by atoms with van der Waals surface area (Å²) >= 11 is 0. The van der Waals surface area contributed by atoms with Gasteiger partial charge in [0.1, 0.15) is 0 Å². The van der Waals surface area contributed by atoms with Gasteiger partial charge in [-0.05, 0) is 38.4 Å². The van der Waals surface area contributed by atoms with Crippen molar-refractivity contribution in [1.82, 2.24) is 15.1 Å². The van der Waals surface area contributed by atoms with Gasteiger partial charge in [-0.1, -0.05) is 6.92 Å². The third kappa shape index (κ3) is 2.35. The average molecular weight is 225 g/mol. The maximum atomic E-state index is 11.4. The van der Waals surface area contributed by atoms with Crippen LogP contribution in [0.25, 0.3) is 0 Å². The maximum Gasteiger partial charge on any atom is 0.324 e. The van der Waals surface area contributed by atoms with Gasteiger partial charge < -0.3 is 10.2 Å². The Balaban J connectivity index is 1.82. The Kier molecular flexibility index (Phi) is 3.43. The summed E-state index contributed by atoms with van der Waals surface area (Å²) in [6.45, 7) is 6.21. The molecule has 2 aliphatic heterocycles. The summed E-state index contributed by atoms with van der Waals surface area (Å²) in [7, 11) is 0. The second-order valence-corrected chi connectivity index (χ2v) is 4.54. The molecule has 0 spiro atoms. The Morgan fingerprint density at radius 3 is 2.50 bits per heavy atom. The standard InChI is InChI=1S/C11H19N3O2/c1-2-13-5-3-9(4-6-13)8-14-10(15)7-12-11(14)16/h9H,2-8H2,1H3,(H,12,16). The van der Waals surface area contributed by atoms with E-state index in [2.05, 4.69) is 17.1 Å². The van der Waals surface area contributed by atoms with Crippen molar-refractivity contribution in [2.75, 3.05) is 32.7 Å². The molecule has 5 heteroatoms. The molecule has 0 saturated carbocycles. The fraction of sp³-hybridized carbons (Fsp3) is 0.818. The molecule has 0 radical (unpaired) electrons. The third-order valence-electron chi connectivity index (χ3n) is 3.53. The van der Waals surface area contributed by atoms with Gasteiger partial charge in [-0.25, -0.2) is 4.79 Å². The monoisotopic (exact) mass is 225 g/mol. The molecule has 0 aliphatic carbocycles. The van der Waals surface area contributed by atoms with E-state index in [1.165, 1.54) is 4.90 Å². The quantitative estimate of drug-likeness (QED) is 0.701. The zero-order valence-electron chi connectivity index (χ0n) is 9.74. The fourth-order valence-electron chi connectivity index (χ4n) is 2.38. The zero-order valence-corrected chi connectivity index (χ0v) is 9.74. The minimum absolute atomic E-state index is 0.0806. The molecule has 90 valence electrons. The Morgan fingerprint density at radius 2 is 2.00 bits per heavy atom. The van der Waals surface area contributed by atoms with E-state index in [1.54, 1.807) is 0 Å². The van der Waals surface area contributed by atoms with Gasteiger partial charge in [-0.2, -0.15) is 0 Å². The summed E-state index contributed by atoms with van der Waals surface area (Å²) in [5, 5.41) is 2.56. The van der Waals surface area contributed by atoms with Crippen LogP contribution in [0.4, 0.5) is 4.79 Å². The molecule has 16 heavy (non-hydrogen) atoms. The molecule has 0 atom stereocenters. The van der Waals surface area contributed by atoms with Gasteiger partial charge in [-0.15, -0.1) is 0 Å². The normalized spacial score (nSPS) is 23.9. The van der Waals surface area contributed by atoms with E-state index in [9.17, 15) is 9.59 Å². The number of carbonyl (C=O) groups excluding carboxylic acids is 2. The molecular weight excluding hydrogens is 206 g/mol. The van der Waals surface area contributed by atoms with Crippen LogP contribution in [0.15, 0.2) is 0 Å². The minimum Gasteiger partial charge on any atom is -0.329 e. The number of nitrogens with zero attached hydrogens (tertiary/aromatic N) is 2. The van der Waals surface area contributed by atoms with Gasteiger partial charge in [0.25, 0.3) is 0 Å². The van der Waals surface area contributed by atoms with Crippen molar-refractivity contribution in [3.63, 3.8) is 0 Å². The highest BCUT2D eigenvalue weighted by Crippen LogP contribution is 2.19. The largest absolute Gasteiger partial charge is 0.329 e. The number of hydrogen-bond acceptors (Lipinski definition) is 3. The molecule has 2 saturated heterocycles. The van der Waals surface area contributed by atoms with Crippen molar-refractivity contribution in [3.8, 4) is 0 Å². The molecule has 2 fully saturated rings. The van der Waals surface area contributed by atoms with Crippen LogP contribution in [0.2, 0.25) is 0 Å². The molecular formula is C11H19N3O2. The van der Waals surface area contributed by atoms with Crippen LogP contribution >= 0.6 is 0 Å². The Morgan fingerprint density at radius 1 is 1.31 bits per heavy atom. The number of piperidine rings is 1. The van der Waals surface area contributed by atoms with E-state index in [0.29, 0.717) is 12.5 Å². The smallest absolute Gasteiger partial charge is 0.324 e. The summed E-state index contributed by atoms with van der Waals surface area (Å²) in [6.07, 6.45) is 2.18. The molecule has 5 nitrogen and oxygen atoms in total. The van der Waals surface area contributed by atoms with Gasteiger partial charge >= 0.3 is 6.03 Å². The van der Waals surface area contributed by atoms with E-state index in [1.807, 2.05) is 0 Å². The second kappa shape index (κ2) is 4.82. The number of rotatable bonds is 3. The number of carbonyl (C=O) groups is 2. The van der Waals surface area contributed by atoms with E-state index in [4.69, 9.17) is 0 Å². The molecule has 2 aliphatic rings. The first kappa shape index (κ1) is 11.4. The van der Waals surface area contributed by atoms with Crippen molar-refractivity contribution >= 4 is 11.9 Å². The predicted molar refractivity (Wildman–Crippen MR) is 59.9 cm³/mol. The fourth-order valence-corrected chi connectivity index (χ4v) is 2.38. The van der Waals surface area contributed by atoms with E-state index in [-0.39, 0.29) is 18.5 Å². The highest BCUT2D eigenvalue weighted by Gasteiger charge is 2.31. The molecule has 1 N–H and O–H groups in total. The topological polar surface area (TPSA) is 52.6 Å². The van der Waals surface area contributed by atoms with Crippen molar-refractivity contribution in [3.05, 3.63) is 0 Å². The molecule has 3 amide bonds. The first-order valence-electron chi connectivity index (χ1n) is 6.01. The zero-order chi connectivity index (χ0) is 11.5. The average Bonchev–Trinajstić information content (AvgIpc) is 2.62. The predicted octanol–water partition coefficient (Wildman–Crippen LogP) is 0.270. The van der Waals surface area contributed by atoms with Gasteiger partial charge in [-0.3, -0.25) is 9.69 Å². The Bertz CT molecular complexity index is 269. The summed E-state index contributed by atoms with van der Waals surface area (Å²) in [6, 6.07) is -0.220. The minimum atomic E-state index is -0.220. The van der Waals surface area contributed by atoms with Gasteiger partial charge in [0, 0.05) is 6.54 Å². The van der Waals surface area contributed by atoms with Gasteiger partial charge in [0.15, 0.2) is 0 Å². The lowest BCUT2D eigenvalue weighted by Gasteiger charge is -2.32. The van der Waals surface area contributed by atoms with Crippen LogP contribution in [-0.2, 0) is 4.79 Å². The summed E-state index contributed by atoms with van der Waals surface area (Å²) in [5.74, 6) is 0.401. The van der Waals surface area contributed by atoms with Crippen molar-refractivity contribution in [2.24, 2.45) is 5.92 Å². The SMILES string of the molecule is CCN1CCC(CN2C(=O)CNC2=O)CC1. The van der Waals surface area contributed by atoms with E-state index >= 15 is 0 Å². The molecule has 2 heterocycles. The number of nitrogens with one attached hydrogen (secondary N) is 1. The first-order chi connectivity index (χ1) is 7.70. The van der Waals surface area contributed by atoms with E-state index < -0.39 is 0 Å². The molecule has 0 unspecified atom stereocenters. The van der Waals surface area contributed by atoms with Crippen LogP contribution in [0, 0.1) is 5.92 Å². The lowest BCUT2D eigenvalue weighted by Crippen LogP contribution is -2.41. The van der Waals surface area contributed by atoms with Crippen molar-refractivity contribution in [2.45, 2.75) is 19.8 Å². The Labute approximate surface area is 95.8 Å². The van der Waals surface area contributed by atoms with Crippen molar-refractivity contribution < 1.29 is 9.59 Å². The third-order valence-corrected chi connectivity index (χ3v) is 3.53. The lowest BCUT2D eigenvalue weighted by molar-refractivity contribution is -0.125. The number of imide groups is 1. The summed E-state index contributed by atoms with van der Waals surface area (Å²) < 4.78 is 0. The number of hydrogen-bond donors (Lipinski definition) is 1. The number of urea groups is 1. The highest BCUT2D eigenvalue weighted by molar-refractivity contribution is 6.01. The molecule has 0 bridgehead atoms. The number of likely N-dealkylation sites (tertiary alicyclic amines) is 1. The lowest BCUT2D eigenvalue weighted by atomic mass is 9.96. The van der Waals surface area contributed by atoms with Gasteiger partial charge in [0.2, 0.25) is 5.91 Å². The number of amides is 3. The van der Waals surface area contributed by atoms with E-state index in [0.717, 1.165) is 32.5 Å². The van der Waals surface area contributed by atoms with Crippen LogP contribution in [0.5, 0.6) is 0 Å². The summed E-state index contributed by atoms with van der Waals surface area (Å²) in [5.41, 5.74) is 0. The van der Waals surface area contributed by atoms with Crippen LogP contribution in [-0.4, -0.2) is 54.5 Å². The maximum absolute atomic E-state index is 11.4. The van der Waals surface area contributed by atoms with Crippen molar-refractivity contribution in [1.29, 1.82) is 0 Å². The Hall–Kier alpha value is -1.10. The first-order valence-corrected chi connectivity index (χ1v) is 6.01. The summed E-state index contributed by atoms with van der Waals surface area (Å²) in [4.78, 5) is 26.5. The molecule has 0 aromatic carbocycles. The van der Waals surface area contributed by atoms with Gasteiger partial charge in [0.05, 0.1) is 6.54 Å². The molecule has 0 aromatic rings. The van der Waals surface area contributed by atoms with Crippen LogP contribution in [0.3, 0.4) is 0 Å². The highest BCUT2D eigenvalue weighted by atomic mass is 16.2. The molecule has 0 aromatic heterocycles.